The summed E-state index contributed by atoms with van der Waals surface area (Å²) in [6, 6.07) is 0.455. The minimum atomic E-state index is 0. The van der Waals surface area contributed by atoms with E-state index in [1.165, 1.54) is 0 Å². The van der Waals surface area contributed by atoms with Crippen molar-refractivity contribution >= 4 is 0 Å². The van der Waals surface area contributed by atoms with Crippen molar-refractivity contribution in [2.24, 2.45) is 5.92 Å². The molecule has 2 atom stereocenters. The van der Waals surface area contributed by atoms with Crippen LogP contribution in [0.2, 0.25) is 0 Å². The van der Waals surface area contributed by atoms with Crippen LogP contribution >= 0.6 is 0 Å². The number of hydrogen-bond acceptors (Lipinski definition) is 0. The van der Waals surface area contributed by atoms with Gasteiger partial charge in [0.05, 0.1) is 0 Å². The summed E-state index contributed by atoms with van der Waals surface area (Å²) >= 11 is 0. The zero-order valence-corrected chi connectivity index (χ0v) is 14.5. The van der Waals surface area contributed by atoms with Crippen molar-refractivity contribution < 1.29 is 32.7 Å². The van der Waals surface area contributed by atoms with Gasteiger partial charge in [-0.05, 0) is 0 Å². The Morgan fingerprint density at radius 2 is 1.47 bits per heavy atom. The minimum Gasteiger partial charge on any atom is -0.678 e. The Hall–Kier alpha value is 1.02. The van der Waals surface area contributed by atoms with E-state index in [4.69, 9.17) is 0 Å². The summed E-state index contributed by atoms with van der Waals surface area (Å²) < 4.78 is 0. The Morgan fingerprint density at radius 3 is 1.80 bits per heavy atom. The van der Waals surface area contributed by atoms with Crippen LogP contribution in [0.1, 0.15) is 41.0 Å². The van der Waals surface area contributed by atoms with Crippen LogP contribution < -0.4 is 0 Å². The van der Waals surface area contributed by atoms with Gasteiger partial charge in [-0.25, -0.2) is 6.17 Å². The fraction of sp³-hybridized carbons (Fsp3) is 0.833. The molecule has 0 amide bonds. The molecule has 0 aromatic carbocycles. The maximum absolute atomic E-state index is 4.50. The molecule has 2 nitrogen and oxygen atoms in total. The molecule has 1 radical (unpaired) electrons. The first-order valence-corrected chi connectivity index (χ1v) is 4.92. The van der Waals surface area contributed by atoms with E-state index < -0.39 is 0 Å². The molecule has 0 saturated carbocycles. The Bertz CT molecular complexity index is 108. The zero-order chi connectivity index (χ0) is 9.56. The van der Waals surface area contributed by atoms with Gasteiger partial charge in [-0.1, -0.05) is 40.0 Å². The fourth-order valence-corrected chi connectivity index (χ4v) is 0.884. The molecule has 0 aliphatic carbocycles. The Morgan fingerprint density at radius 1 is 1.00 bits per heavy atom. The van der Waals surface area contributed by atoms with Crippen LogP contribution in [-0.4, -0.2) is 18.8 Å². The predicted octanol–water partition coefficient (Wildman–Crippen LogP) is 4.43. The molecule has 0 fully saturated rings. The van der Waals surface area contributed by atoms with Crippen LogP contribution in [0, 0.1) is 20.8 Å². The van der Waals surface area contributed by atoms with Crippen LogP contribution in [0.4, 0.5) is 0 Å². The van der Waals surface area contributed by atoms with Gasteiger partial charge in [0, 0.05) is 32.7 Å². The zero-order valence-electron chi connectivity index (χ0n) is 11.6. The molecule has 0 aliphatic heterocycles. The monoisotopic (exact) mass is 289 g/mol. The van der Waals surface area contributed by atoms with E-state index in [-0.39, 0.29) is 53.7 Å². The van der Waals surface area contributed by atoms with Gasteiger partial charge in [0.15, 0.2) is 0 Å². The summed E-state index contributed by atoms with van der Waals surface area (Å²) in [6.07, 6.45) is 1.30. The summed E-state index contributed by atoms with van der Waals surface area (Å²) in [7, 11) is 0. The van der Waals surface area contributed by atoms with E-state index in [9.17, 15) is 0 Å². The average molecular weight is 289 g/mol. The van der Waals surface area contributed by atoms with E-state index >= 15 is 0 Å². The molecule has 0 heterocycles. The van der Waals surface area contributed by atoms with Crippen LogP contribution in [-0.2, 0) is 32.7 Å². The summed E-state index contributed by atoms with van der Waals surface area (Å²) in [5, 5.41) is 8.95. The fourth-order valence-electron chi connectivity index (χ4n) is 0.884. The van der Waals surface area contributed by atoms with Crippen LogP contribution in [0.15, 0.2) is 0 Å². The Kier molecular flexibility index (Phi) is 25.1. The van der Waals surface area contributed by atoms with Crippen LogP contribution in [0.5, 0.6) is 0 Å². The Labute approximate surface area is 123 Å². The largest absolute Gasteiger partial charge is 0.678 e. The third-order valence-corrected chi connectivity index (χ3v) is 1.80. The van der Waals surface area contributed by atoms with E-state index in [1.54, 1.807) is 0 Å². The van der Waals surface area contributed by atoms with Crippen LogP contribution in [0.3, 0.4) is 0 Å². The molecule has 3 heteroatoms. The molecule has 0 spiro atoms. The second kappa shape index (κ2) is 15.0. The van der Waals surface area contributed by atoms with E-state index in [1.807, 2.05) is 0 Å². The van der Waals surface area contributed by atoms with Gasteiger partial charge >= 0.3 is 0 Å². The molecule has 2 unspecified atom stereocenters. The van der Waals surface area contributed by atoms with Crippen molar-refractivity contribution in [2.45, 2.75) is 53.2 Å². The quantitative estimate of drug-likeness (QED) is 0.647. The smallest absolute Gasteiger partial charge is 0 e. The molecule has 0 bridgehead atoms. The van der Waals surface area contributed by atoms with Crippen molar-refractivity contribution in [1.29, 1.82) is 0 Å². The van der Waals surface area contributed by atoms with Gasteiger partial charge in [0.25, 0.3) is 0 Å². The number of rotatable bonds is 6. The van der Waals surface area contributed by atoms with Crippen LogP contribution in [0.25, 0.3) is 10.6 Å². The van der Waals surface area contributed by atoms with Gasteiger partial charge in [0.2, 0.25) is 0 Å². The van der Waals surface area contributed by atoms with Crippen molar-refractivity contribution in [3.05, 3.63) is 25.5 Å². The average Bonchev–Trinajstić information content (AvgIpc) is 2.00. The maximum Gasteiger partial charge on any atom is 0 e. The SMILES string of the molecule is CCC(C)[N-]C(C)[N-]CC(C)C.[CH3-].[CH3-].[Y]. The van der Waals surface area contributed by atoms with E-state index in [0.717, 1.165) is 13.0 Å². The normalized spacial score (nSPS) is 13.2. The first-order valence-electron chi connectivity index (χ1n) is 4.92. The predicted molar refractivity (Wildman–Crippen MR) is 68.5 cm³/mol. The second-order valence-electron chi connectivity index (χ2n) is 3.80. The first kappa shape index (κ1) is 25.0. The molecule has 0 aromatic heterocycles. The summed E-state index contributed by atoms with van der Waals surface area (Å²) in [6.45, 7) is 11.7. The van der Waals surface area contributed by atoms with Gasteiger partial charge in [-0.15, -0.1) is 19.5 Å². The molecule has 0 aromatic rings. The minimum absolute atomic E-state index is 0. The van der Waals surface area contributed by atoms with Gasteiger partial charge in [-0.3, -0.25) is 0 Å². The standard InChI is InChI=1S/C10H22N2.2CH3.Y/c1-6-9(4)12-10(5)11-7-8(2)3;;;/h8-10H,6-7H2,1-5H3;2*1H3;/q-2;2*-1;. The van der Waals surface area contributed by atoms with Crippen molar-refractivity contribution in [3.63, 3.8) is 0 Å². The first-order chi connectivity index (χ1) is 5.56. The van der Waals surface area contributed by atoms with Crippen molar-refractivity contribution in [2.75, 3.05) is 6.54 Å². The molecule has 93 valence electrons. The number of nitrogens with zero attached hydrogens (tertiary/aromatic N) is 2. The van der Waals surface area contributed by atoms with Gasteiger partial charge < -0.3 is 25.5 Å². The molecule has 0 N–H and O–H groups in total. The molecular weight excluding hydrogens is 261 g/mol. The van der Waals surface area contributed by atoms with Gasteiger partial charge in [0.1, 0.15) is 0 Å². The molecular formula is C12H28N2Y-4. The van der Waals surface area contributed by atoms with Gasteiger partial charge in [-0.2, -0.15) is 0 Å². The topological polar surface area (TPSA) is 28.2 Å². The molecule has 0 saturated heterocycles. The van der Waals surface area contributed by atoms with E-state index in [0.29, 0.717) is 12.0 Å². The maximum atomic E-state index is 4.50. The van der Waals surface area contributed by atoms with E-state index in [2.05, 4.69) is 45.3 Å². The molecule has 0 aliphatic rings. The Balaban J connectivity index is -0.000000202. The molecule has 15 heavy (non-hydrogen) atoms. The summed E-state index contributed by atoms with van der Waals surface area (Å²) in [5.74, 6) is 0.652. The third-order valence-electron chi connectivity index (χ3n) is 1.80. The van der Waals surface area contributed by atoms with Crippen molar-refractivity contribution in [3.8, 4) is 0 Å². The summed E-state index contributed by atoms with van der Waals surface area (Å²) in [4.78, 5) is 0. The second-order valence-corrected chi connectivity index (χ2v) is 3.80. The van der Waals surface area contributed by atoms with Crippen molar-refractivity contribution in [1.82, 2.24) is 0 Å². The summed E-state index contributed by atoms with van der Waals surface area (Å²) in [5.41, 5.74) is 0. The third kappa shape index (κ3) is 17.6. The number of hydrogen-bond donors (Lipinski definition) is 0. The molecule has 0 rings (SSSR count).